The predicted molar refractivity (Wildman–Crippen MR) is 96.2 cm³/mol. The van der Waals surface area contributed by atoms with Gasteiger partial charge in [-0.25, -0.2) is 0 Å². The van der Waals surface area contributed by atoms with Crippen molar-refractivity contribution in [3.05, 3.63) is 59.0 Å². The van der Waals surface area contributed by atoms with Crippen LogP contribution in [0, 0.1) is 20.8 Å². The van der Waals surface area contributed by atoms with Gasteiger partial charge in [-0.15, -0.1) is 0 Å². The van der Waals surface area contributed by atoms with E-state index in [1.165, 1.54) is 5.56 Å². The second-order valence-corrected chi connectivity index (χ2v) is 5.80. The molecule has 2 heterocycles. The summed E-state index contributed by atoms with van der Waals surface area (Å²) in [4.78, 5) is 8.61. The molecule has 0 aliphatic heterocycles. The van der Waals surface area contributed by atoms with Gasteiger partial charge >= 0.3 is 0 Å². The lowest BCUT2D eigenvalue weighted by Gasteiger charge is -2.06. The number of nitrogens with zero attached hydrogens (tertiary/aromatic N) is 3. The van der Waals surface area contributed by atoms with Crippen LogP contribution in [0.1, 0.15) is 22.5 Å². The minimum Gasteiger partial charge on any atom is -0.423 e. The van der Waals surface area contributed by atoms with Crippen molar-refractivity contribution >= 4 is 17.5 Å². The van der Waals surface area contributed by atoms with Crippen LogP contribution in [-0.4, -0.2) is 21.0 Å². The van der Waals surface area contributed by atoms with Crippen LogP contribution in [0.15, 0.2) is 46.1 Å². The molecule has 0 bridgehead atoms. The average molecular weight is 337 g/mol. The monoisotopic (exact) mass is 337 g/mol. The number of amidine groups is 1. The van der Waals surface area contributed by atoms with Crippen LogP contribution >= 0.6 is 0 Å². The minimum absolute atomic E-state index is 0.0299. The molecular weight excluding hydrogens is 318 g/mol. The second kappa shape index (κ2) is 6.64. The summed E-state index contributed by atoms with van der Waals surface area (Å²) in [5.74, 6) is 0.693. The molecule has 1 aromatic carbocycles. The number of nitrogens with one attached hydrogen (secondary N) is 1. The van der Waals surface area contributed by atoms with E-state index in [4.69, 9.17) is 15.4 Å². The van der Waals surface area contributed by atoms with Gasteiger partial charge in [0.2, 0.25) is 0 Å². The minimum atomic E-state index is -0.0299. The summed E-state index contributed by atoms with van der Waals surface area (Å²) in [6.45, 7) is 5.76. The lowest BCUT2D eigenvalue weighted by molar-refractivity contribution is 0.318. The van der Waals surface area contributed by atoms with Gasteiger partial charge in [-0.1, -0.05) is 35.0 Å². The van der Waals surface area contributed by atoms with Gasteiger partial charge in [-0.05, 0) is 32.4 Å². The molecule has 128 valence electrons. The zero-order chi connectivity index (χ0) is 18.0. The number of hydrogen-bond acceptors (Lipinski definition) is 6. The smallest absolute Gasteiger partial charge is 0.299 e. The molecule has 0 saturated carbocycles. The van der Waals surface area contributed by atoms with Crippen molar-refractivity contribution in [2.24, 2.45) is 10.9 Å². The summed E-state index contributed by atoms with van der Waals surface area (Å²) in [5.41, 5.74) is 10.4. The van der Waals surface area contributed by atoms with Gasteiger partial charge in [0, 0.05) is 5.56 Å². The van der Waals surface area contributed by atoms with Crippen molar-refractivity contribution < 1.29 is 9.62 Å². The molecule has 25 heavy (non-hydrogen) atoms. The summed E-state index contributed by atoms with van der Waals surface area (Å²) in [7, 11) is 0. The third kappa shape index (κ3) is 3.45. The van der Waals surface area contributed by atoms with Crippen LogP contribution in [0.2, 0.25) is 0 Å². The quantitative estimate of drug-likeness (QED) is 0.291. The van der Waals surface area contributed by atoms with Crippen LogP contribution in [-0.2, 0) is 0 Å². The standard InChI is InChI=1S/C18H19N5O2/c1-10-4-6-13(7-5-10)16-12(3)21-18(25-16)22-14-8-11(2)15(20-9-14)17(19)23-24/h4-9,24H,1-3H3,(H2,19,23)(H,21,22). The van der Waals surface area contributed by atoms with Gasteiger partial charge in [-0.2, -0.15) is 4.98 Å². The molecule has 0 saturated heterocycles. The van der Waals surface area contributed by atoms with Crippen LogP contribution in [0.3, 0.4) is 0 Å². The molecule has 4 N–H and O–H groups in total. The largest absolute Gasteiger partial charge is 0.423 e. The fraction of sp³-hybridized carbons (Fsp3) is 0.167. The highest BCUT2D eigenvalue weighted by Gasteiger charge is 2.13. The maximum atomic E-state index is 8.76. The Balaban J connectivity index is 1.86. The number of oxazole rings is 1. The van der Waals surface area contributed by atoms with Crippen LogP contribution in [0.5, 0.6) is 0 Å². The zero-order valence-corrected chi connectivity index (χ0v) is 14.2. The van der Waals surface area contributed by atoms with Gasteiger partial charge in [-0.3, -0.25) is 4.98 Å². The van der Waals surface area contributed by atoms with Crippen molar-refractivity contribution in [3.63, 3.8) is 0 Å². The molecule has 0 amide bonds. The Morgan fingerprint density at radius 1 is 1.20 bits per heavy atom. The summed E-state index contributed by atoms with van der Waals surface area (Å²) >= 11 is 0. The molecule has 0 fully saturated rings. The topological polar surface area (TPSA) is 110 Å². The fourth-order valence-corrected chi connectivity index (χ4v) is 2.50. The van der Waals surface area contributed by atoms with Gasteiger partial charge < -0.3 is 20.7 Å². The van der Waals surface area contributed by atoms with Crippen molar-refractivity contribution in [1.29, 1.82) is 0 Å². The normalized spacial score (nSPS) is 11.6. The third-order valence-electron chi connectivity index (χ3n) is 3.79. The maximum Gasteiger partial charge on any atom is 0.299 e. The van der Waals surface area contributed by atoms with E-state index in [1.54, 1.807) is 6.20 Å². The lowest BCUT2D eigenvalue weighted by atomic mass is 10.1. The van der Waals surface area contributed by atoms with Gasteiger partial charge in [0.05, 0.1) is 17.6 Å². The molecule has 7 heteroatoms. The van der Waals surface area contributed by atoms with Crippen molar-refractivity contribution in [1.82, 2.24) is 9.97 Å². The fourth-order valence-electron chi connectivity index (χ4n) is 2.50. The molecule has 3 aromatic rings. The lowest BCUT2D eigenvalue weighted by Crippen LogP contribution is -2.16. The van der Waals surface area contributed by atoms with E-state index in [0.717, 1.165) is 22.6 Å². The predicted octanol–water partition coefficient (Wildman–Crippen LogP) is 3.50. The zero-order valence-electron chi connectivity index (χ0n) is 14.2. The Hall–Kier alpha value is -3.35. The van der Waals surface area contributed by atoms with Crippen LogP contribution in [0.25, 0.3) is 11.3 Å². The van der Waals surface area contributed by atoms with E-state index in [1.807, 2.05) is 51.1 Å². The highest BCUT2D eigenvalue weighted by Crippen LogP contribution is 2.28. The Morgan fingerprint density at radius 2 is 1.92 bits per heavy atom. The van der Waals surface area contributed by atoms with E-state index >= 15 is 0 Å². The van der Waals surface area contributed by atoms with E-state index in [0.29, 0.717) is 17.4 Å². The first-order valence-electron chi connectivity index (χ1n) is 7.74. The molecule has 3 rings (SSSR count). The number of aryl methyl sites for hydroxylation is 3. The SMILES string of the molecule is Cc1ccc(-c2oc(Nc3cnc(/C(N)=N/O)c(C)c3)nc2C)cc1. The molecule has 0 atom stereocenters. The average Bonchev–Trinajstić information content (AvgIpc) is 2.95. The first-order valence-corrected chi connectivity index (χ1v) is 7.74. The number of pyridine rings is 1. The van der Waals surface area contributed by atoms with E-state index < -0.39 is 0 Å². The molecule has 0 unspecified atom stereocenters. The number of nitrogens with two attached hydrogens (primary N) is 1. The first kappa shape index (κ1) is 16.5. The molecule has 0 spiro atoms. The van der Waals surface area contributed by atoms with Crippen LogP contribution in [0.4, 0.5) is 11.7 Å². The molecule has 7 nitrogen and oxygen atoms in total. The summed E-state index contributed by atoms with van der Waals surface area (Å²) in [5, 5.41) is 14.8. The number of anilines is 2. The molecule has 0 radical (unpaired) electrons. The number of hydrogen-bond donors (Lipinski definition) is 3. The van der Waals surface area contributed by atoms with E-state index in [9.17, 15) is 0 Å². The molecule has 2 aromatic heterocycles. The summed E-state index contributed by atoms with van der Waals surface area (Å²) in [6, 6.07) is 10.3. The summed E-state index contributed by atoms with van der Waals surface area (Å²) in [6.07, 6.45) is 1.57. The Kier molecular flexibility index (Phi) is 4.38. The second-order valence-electron chi connectivity index (χ2n) is 5.80. The van der Waals surface area contributed by atoms with Crippen molar-refractivity contribution in [2.75, 3.05) is 5.32 Å². The van der Waals surface area contributed by atoms with Gasteiger partial charge in [0.1, 0.15) is 5.69 Å². The number of benzene rings is 1. The number of oxime groups is 1. The summed E-state index contributed by atoms with van der Waals surface area (Å²) < 4.78 is 5.84. The Labute approximate surface area is 145 Å². The van der Waals surface area contributed by atoms with Gasteiger partial charge in [0.25, 0.3) is 6.01 Å². The molecular formula is C18H19N5O2. The van der Waals surface area contributed by atoms with E-state index in [-0.39, 0.29) is 5.84 Å². The number of rotatable bonds is 4. The highest BCUT2D eigenvalue weighted by molar-refractivity contribution is 5.96. The van der Waals surface area contributed by atoms with Crippen molar-refractivity contribution in [2.45, 2.75) is 20.8 Å². The molecule has 0 aliphatic rings. The maximum absolute atomic E-state index is 8.76. The van der Waals surface area contributed by atoms with Gasteiger partial charge in [0.15, 0.2) is 11.6 Å². The third-order valence-corrected chi connectivity index (χ3v) is 3.79. The molecule has 0 aliphatic carbocycles. The number of aromatic nitrogens is 2. The first-order chi connectivity index (χ1) is 12.0. The van der Waals surface area contributed by atoms with E-state index in [2.05, 4.69) is 20.4 Å². The van der Waals surface area contributed by atoms with Crippen LogP contribution < -0.4 is 11.1 Å². The Bertz CT molecular complexity index is 929. The van der Waals surface area contributed by atoms with Crippen molar-refractivity contribution in [3.8, 4) is 11.3 Å². The Morgan fingerprint density at radius 3 is 2.56 bits per heavy atom. The highest BCUT2D eigenvalue weighted by atomic mass is 16.4.